The maximum absolute atomic E-state index is 6.38. The van der Waals surface area contributed by atoms with Gasteiger partial charge in [0.25, 0.3) is 0 Å². The monoisotopic (exact) mass is 436 g/mol. The van der Waals surface area contributed by atoms with E-state index in [0.717, 1.165) is 10.9 Å². The van der Waals surface area contributed by atoms with Gasteiger partial charge in [-0.05, 0) is 79.5 Å². The fourth-order valence-corrected chi connectivity index (χ4v) is 3.60. The lowest BCUT2D eigenvalue weighted by molar-refractivity contribution is 0.00578. The SMILES string of the molecule is CC1(C)OB(C(Cc2ccc(Br)cc2)B2OC(C)(C)C(C)(C)O2)OC1(C)C. The van der Waals surface area contributed by atoms with Crippen molar-refractivity contribution in [2.24, 2.45) is 0 Å². The first-order valence-corrected chi connectivity index (χ1v) is 10.5. The molecule has 0 radical (unpaired) electrons. The van der Waals surface area contributed by atoms with Gasteiger partial charge in [0.1, 0.15) is 0 Å². The Hall–Kier alpha value is -0.330. The molecule has 1 aromatic rings. The van der Waals surface area contributed by atoms with E-state index in [2.05, 4.69) is 95.6 Å². The van der Waals surface area contributed by atoms with E-state index in [4.69, 9.17) is 18.6 Å². The van der Waals surface area contributed by atoms with Crippen molar-refractivity contribution in [3.63, 3.8) is 0 Å². The fourth-order valence-electron chi connectivity index (χ4n) is 3.34. The zero-order valence-electron chi connectivity index (χ0n) is 17.8. The van der Waals surface area contributed by atoms with Gasteiger partial charge >= 0.3 is 14.2 Å². The van der Waals surface area contributed by atoms with E-state index in [-0.39, 0.29) is 28.1 Å². The molecule has 7 heteroatoms. The number of hydrogen-bond donors (Lipinski definition) is 0. The van der Waals surface area contributed by atoms with Crippen molar-refractivity contribution >= 4 is 30.2 Å². The summed E-state index contributed by atoms with van der Waals surface area (Å²) in [6.07, 6.45) is 0.751. The van der Waals surface area contributed by atoms with Crippen LogP contribution in [0.2, 0.25) is 5.72 Å². The van der Waals surface area contributed by atoms with Crippen molar-refractivity contribution in [2.75, 3.05) is 0 Å². The Kier molecular flexibility index (Phi) is 5.44. The van der Waals surface area contributed by atoms with Gasteiger partial charge in [0, 0.05) is 10.2 Å². The molecule has 0 aliphatic carbocycles. The summed E-state index contributed by atoms with van der Waals surface area (Å²) < 4.78 is 26.6. The molecule has 2 fully saturated rings. The highest BCUT2D eigenvalue weighted by Gasteiger charge is 2.61. The molecular weight excluding hydrogens is 406 g/mol. The lowest BCUT2D eigenvalue weighted by Gasteiger charge is -2.32. The normalized spacial score (nSPS) is 25.4. The summed E-state index contributed by atoms with van der Waals surface area (Å²) in [4.78, 5) is 0. The second-order valence-corrected chi connectivity index (χ2v) is 10.7. The van der Waals surface area contributed by atoms with Gasteiger partial charge in [-0.2, -0.15) is 0 Å². The molecular formula is C20H31B2BrO4. The summed E-state index contributed by atoms with van der Waals surface area (Å²) in [5.74, 6) is 0. The predicted molar refractivity (Wildman–Crippen MR) is 114 cm³/mol. The van der Waals surface area contributed by atoms with E-state index in [1.165, 1.54) is 5.56 Å². The molecule has 0 aromatic heterocycles. The van der Waals surface area contributed by atoms with Crippen LogP contribution in [0.15, 0.2) is 28.7 Å². The number of rotatable bonds is 4. The van der Waals surface area contributed by atoms with Crippen LogP contribution in [-0.4, -0.2) is 36.6 Å². The highest BCUT2D eigenvalue weighted by atomic mass is 79.9. The summed E-state index contributed by atoms with van der Waals surface area (Å²) in [7, 11) is -0.790. The van der Waals surface area contributed by atoms with Crippen LogP contribution >= 0.6 is 15.9 Å². The molecule has 0 saturated carbocycles. The first-order chi connectivity index (χ1) is 12.2. The van der Waals surface area contributed by atoms with Crippen molar-refractivity contribution in [2.45, 2.75) is 89.9 Å². The first kappa shape index (κ1) is 21.4. The van der Waals surface area contributed by atoms with Crippen LogP contribution < -0.4 is 0 Å². The van der Waals surface area contributed by atoms with Crippen molar-refractivity contribution < 1.29 is 18.6 Å². The van der Waals surface area contributed by atoms with Crippen molar-refractivity contribution in [1.82, 2.24) is 0 Å². The lowest BCUT2D eigenvalue weighted by Crippen LogP contribution is -2.41. The zero-order chi connectivity index (χ0) is 20.3. The Morgan fingerprint density at radius 1 is 0.704 bits per heavy atom. The van der Waals surface area contributed by atoms with E-state index >= 15 is 0 Å². The maximum Gasteiger partial charge on any atom is 0.459 e. The summed E-state index contributed by atoms with van der Waals surface area (Å²) in [6.45, 7) is 16.6. The quantitative estimate of drug-likeness (QED) is 0.616. The van der Waals surface area contributed by atoms with Gasteiger partial charge in [0.15, 0.2) is 0 Å². The molecule has 1 aromatic carbocycles. The molecule has 2 heterocycles. The second-order valence-electron chi connectivity index (χ2n) is 9.74. The van der Waals surface area contributed by atoms with Gasteiger partial charge in [0.2, 0.25) is 0 Å². The average Bonchev–Trinajstić information content (AvgIpc) is 2.86. The van der Waals surface area contributed by atoms with Crippen molar-refractivity contribution in [3.8, 4) is 0 Å². The molecule has 2 saturated heterocycles. The van der Waals surface area contributed by atoms with Gasteiger partial charge < -0.3 is 18.6 Å². The Bertz CT molecular complexity index is 620. The summed E-state index contributed by atoms with van der Waals surface area (Å²) >= 11 is 3.51. The molecule has 3 rings (SSSR count). The van der Waals surface area contributed by atoms with E-state index in [9.17, 15) is 0 Å². The third-order valence-electron chi connectivity index (χ3n) is 6.63. The van der Waals surface area contributed by atoms with Crippen LogP contribution in [0.5, 0.6) is 0 Å². The van der Waals surface area contributed by atoms with Gasteiger partial charge in [-0.15, -0.1) is 0 Å². The molecule has 2 aliphatic heterocycles. The van der Waals surface area contributed by atoms with Crippen LogP contribution in [0.3, 0.4) is 0 Å². The minimum absolute atomic E-state index is 0.0757. The Morgan fingerprint density at radius 2 is 1.04 bits per heavy atom. The van der Waals surface area contributed by atoms with E-state index in [0.29, 0.717) is 0 Å². The molecule has 0 amide bonds. The Labute approximate surface area is 173 Å². The second kappa shape index (κ2) is 6.87. The molecule has 148 valence electrons. The molecule has 0 N–H and O–H groups in total. The molecule has 0 spiro atoms. The maximum atomic E-state index is 6.38. The summed E-state index contributed by atoms with van der Waals surface area (Å²) in [6, 6.07) is 8.35. The summed E-state index contributed by atoms with van der Waals surface area (Å²) in [5.41, 5.74) is -0.433. The van der Waals surface area contributed by atoms with Gasteiger partial charge in [-0.1, -0.05) is 28.1 Å². The molecule has 0 unspecified atom stereocenters. The Morgan fingerprint density at radius 3 is 1.37 bits per heavy atom. The Balaban J connectivity index is 1.89. The third kappa shape index (κ3) is 4.04. The molecule has 27 heavy (non-hydrogen) atoms. The summed E-state index contributed by atoms with van der Waals surface area (Å²) in [5, 5.41) is 0. The molecule has 4 nitrogen and oxygen atoms in total. The predicted octanol–water partition coefficient (Wildman–Crippen LogP) is 5.09. The van der Waals surface area contributed by atoms with Crippen molar-refractivity contribution in [3.05, 3.63) is 34.3 Å². The van der Waals surface area contributed by atoms with Gasteiger partial charge in [-0.25, -0.2) is 0 Å². The van der Waals surface area contributed by atoms with E-state index in [1.54, 1.807) is 0 Å². The van der Waals surface area contributed by atoms with Crippen molar-refractivity contribution in [1.29, 1.82) is 0 Å². The van der Waals surface area contributed by atoms with Crippen LogP contribution in [0.1, 0.15) is 61.0 Å². The van der Waals surface area contributed by atoms with Crippen LogP contribution in [0.4, 0.5) is 0 Å². The molecule has 2 aliphatic rings. The van der Waals surface area contributed by atoms with Gasteiger partial charge in [-0.3, -0.25) is 0 Å². The number of hydrogen-bond acceptors (Lipinski definition) is 4. The third-order valence-corrected chi connectivity index (χ3v) is 7.16. The minimum atomic E-state index is -0.395. The zero-order valence-corrected chi connectivity index (χ0v) is 19.3. The fraction of sp³-hybridized carbons (Fsp3) is 0.700. The smallest absolute Gasteiger partial charge is 0.403 e. The van der Waals surface area contributed by atoms with Crippen LogP contribution in [0, 0.1) is 0 Å². The number of benzene rings is 1. The van der Waals surface area contributed by atoms with E-state index < -0.39 is 14.2 Å². The van der Waals surface area contributed by atoms with Crippen LogP contribution in [0.25, 0.3) is 0 Å². The van der Waals surface area contributed by atoms with Crippen LogP contribution in [-0.2, 0) is 25.0 Å². The highest BCUT2D eigenvalue weighted by molar-refractivity contribution is 9.10. The number of halogens is 1. The van der Waals surface area contributed by atoms with Gasteiger partial charge in [0.05, 0.1) is 22.4 Å². The first-order valence-electron chi connectivity index (χ1n) is 9.70. The topological polar surface area (TPSA) is 36.9 Å². The van der Waals surface area contributed by atoms with E-state index in [1.807, 2.05) is 0 Å². The largest absolute Gasteiger partial charge is 0.459 e. The molecule has 0 atom stereocenters. The lowest BCUT2D eigenvalue weighted by atomic mass is 9.49. The molecule has 0 bridgehead atoms. The standard InChI is InChI=1S/C20H31B2BrO4/c1-17(2)18(3,4)25-21(24-17)16(13-14-9-11-15(23)12-10-14)22-26-19(5,6)20(7,8)27-22/h9-12,16H,13H2,1-8H3. The minimum Gasteiger partial charge on any atom is -0.403 e. The highest BCUT2D eigenvalue weighted by Crippen LogP contribution is 2.46. The average molecular weight is 437 g/mol.